The summed E-state index contributed by atoms with van der Waals surface area (Å²) in [6.45, 7) is 2.49. The molecule has 1 unspecified atom stereocenters. The van der Waals surface area contributed by atoms with Crippen molar-refractivity contribution in [3.05, 3.63) is 54.1 Å². The molecule has 2 aromatic rings. The number of amides is 1. The van der Waals surface area contributed by atoms with Crippen LogP contribution in [-0.4, -0.2) is 26.0 Å². The summed E-state index contributed by atoms with van der Waals surface area (Å²) in [5.74, 6) is -0.310. The molecule has 26 heavy (non-hydrogen) atoms. The zero-order valence-electron chi connectivity index (χ0n) is 14.0. The number of benzene rings is 2. The first-order valence-electron chi connectivity index (χ1n) is 7.92. The van der Waals surface area contributed by atoms with Crippen molar-refractivity contribution in [2.75, 3.05) is 16.8 Å². The first-order valence-corrected chi connectivity index (χ1v) is 9.88. The maximum Gasteiger partial charge on any atom is 0.252 e. The van der Waals surface area contributed by atoms with Gasteiger partial charge in [-0.15, -0.1) is 0 Å². The van der Waals surface area contributed by atoms with Gasteiger partial charge in [0.2, 0.25) is 10.0 Å². The van der Waals surface area contributed by atoms with E-state index < -0.39 is 16.1 Å². The van der Waals surface area contributed by atoms with Crippen LogP contribution in [0.5, 0.6) is 0 Å². The summed E-state index contributed by atoms with van der Waals surface area (Å²) in [6.07, 6.45) is 0. The van der Waals surface area contributed by atoms with Crippen molar-refractivity contribution < 1.29 is 13.2 Å². The molecular weight excluding hydrogens is 372 g/mol. The van der Waals surface area contributed by atoms with E-state index in [2.05, 4.69) is 10.6 Å². The molecule has 7 nitrogen and oxygen atoms in total. The van der Waals surface area contributed by atoms with Crippen LogP contribution >= 0.6 is 12.2 Å². The lowest BCUT2D eigenvalue weighted by Crippen LogP contribution is -2.49. The van der Waals surface area contributed by atoms with Crippen LogP contribution in [0.3, 0.4) is 0 Å². The van der Waals surface area contributed by atoms with E-state index in [1.54, 1.807) is 11.0 Å². The van der Waals surface area contributed by atoms with Crippen molar-refractivity contribution in [1.82, 2.24) is 5.32 Å². The van der Waals surface area contributed by atoms with Crippen molar-refractivity contribution in [2.45, 2.75) is 17.9 Å². The Morgan fingerprint density at radius 1 is 1.27 bits per heavy atom. The molecule has 1 atom stereocenters. The number of rotatable bonds is 3. The van der Waals surface area contributed by atoms with Gasteiger partial charge < -0.3 is 15.5 Å². The van der Waals surface area contributed by atoms with E-state index in [0.29, 0.717) is 23.0 Å². The normalized spacial score (nSPS) is 16.6. The number of nitrogens with two attached hydrogens (primary N) is 1. The molecule has 1 heterocycles. The highest BCUT2D eigenvalue weighted by Gasteiger charge is 2.36. The van der Waals surface area contributed by atoms with Gasteiger partial charge in [-0.05, 0) is 42.9 Å². The third kappa shape index (κ3) is 3.41. The molecule has 136 valence electrons. The second-order valence-electron chi connectivity index (χ2n) is 5.73. The Labute approximate surface area is 157 Å². The molecule has 1 amide bonds. The summed E-state index contributed by atoms with van der Waals surface area (Å²) >= 11 is 5.48. The number of fused-ring (bicyclic) bond motifs is 1. The zero-order chi connectivity index (χ0) is 18.9. The van der Waals surface area contributed by atoms with Gasteiger partial charge >= 0.3 is 0 Å². The molecule has 0 fully saturated rings. The Kier molecular flexibility index (Phi) is 4.94. The standard InChI is InChI=1S/C17H18N4O3S2/c1-2-19-17(25)21-14-9-8-12(26(18,23)24)10-13(14)20-16(22)15(21)11-6-4-3-5-7-11/h3-10,15H,2H2,1H3,(H,19,25)(H,20,22)(H2,18,23,24). The number of carbonyl (C=O) groups is 1. The predicted molar refractivity (Wildman–Crippen MR) is 104 cm³/mol. The fraction of sp³-hybridized carbons (Fsp3) is 0.176. The molecule has 0 aliphatic carbocycles. The summed E-state index contributed by atoms with van der Waals surface area (Å²) in [7, 11) is -3.89. The lowest BCUT2D eigenvalue weighted by atomic mass is 10.0. The van der Waals surface area contributed by atoms with E-state index in [9.17, 15) is 13.2 Å². The molecule has 0 spiro atoms. The fourth-order valence-electron chi connectivity index (χ4n) is 2.86. The molecule has 1 aliphatic heterocycles. The van der Waals surface area contributed by atoms with Crippen LogP contribution in [0.15, 0.2) is 53.4 Å². The Balaban J connectivity index is 2.16. The van der Waals surface area contributed by atoms with Gasteiger partial charge in [0.1, 0.15) is 6.04 Å². The first kappa shape index (κ1) is 18.3. The van der Waals surface area contributed by atoms with Crippen LogP contribution in [0.25, 0.3) is 0 Å². The SMILES string of the molecule is CCNC(=S)N1c2ccc(S(N)(=O)=O)cc2NC(=O)C1c1ccccc1. The number of primary sulfonamides is 1. The van der Waals surface area contributed by atoms with Gasteiger partial charge in [0.15, 0.2) is 5.11 Å². The highest BCUT2D eigenvalue weighted by molar-refractivity contribution is 7.89. The molecule has 9 heteroatoms. The summed E-state index contributed by atoms with van der Waals surface area (Å²) in [6, 6.07) is 12.9. The predicted octanol–water partition coefficient (Wildman–Crippen LogP) is 1.73. The molecule has 0 radical (unpaired) electrons. The summed E-state index contributed by atoms with van der Waals surface area (Å²) in [4.78, 5) is 14.4. The van der Waals surface area contributed by atoms with Crippen LogP contribution in [0.4, 0.5) is 11.4 Å². The van der Waals surface area contributed by atoms with Gasteiger partial charge in [0.25, 0.3) is 5.91 Å². The van der Waals surface area contributed by atoms with Crippen molar-refractivity contribution in [2.24, 2.45) is 5.14 Å². The van der Waals surface area contributed by atoms with E-state index in [-0.39, 0.29) is 10.8 Å². The van der Waals surface area contributed by atoms with Gasteiger partial charge in [-0.1, -0.05) is 30.3 Å². The zero-order valence-corrected chi connectivity index (χ0v) is 15.6. The smallest absolute Gasteiger partial charge is 0.252 e. The Morgan fingerprint density at radius 2 is 1.96 bits per heavy atom. The van der Waals surface area contributed by atoms with Crippen molar-refractivity contribution in [3.63, 3.8) is 0 Å². The minimum Gasteiger partial charge on any atom is -0.363 e. The summed E-state index contributed by atoms with van der Waals surface area (Å²) < 4.78 is 23.2. The minimum absolute atomic E-state index is 0.0796. The van der Waals surface area contributed by atoms with Gasteiger partial charge in [0, 0.05) is 6.54 Å². The van der Waals surface area contributed by atoms with Crippen LogP contribution in [0.1, 0.15) is 18.5 Å². The van der Waals surface area contributed by atoms with E-state index in [4.69, 9.17) is 17.4 Å². The number of carbonyl (C=O) groups excluding carboxylic acids is 1. The molecular formula is C17H18N4O3S2. The number of hydrogen-bond acceptors (Lipinski definition) is 4. The number of nitrogens with zero attached hydrogens (tertiary/aromatic N) is 1. The van der Waals surface area contributed by atoms with Gasteiger partial charge in [-0.3, -0.25) is 4.79 Å². The average molecular weight is 390 g/mol. The fourth-order valence-corrected chi connectivity index (χ4v) is 3.75. The Morgan fingerprint density at radius 3 is 2.58 bits per heavy atom. The number of thiocarbonyl (C=S) groups is 1. The molecule has 0 aromatic heterocycles. The Hall–Kier alpha value is -2.49. The molecule has 0 saturated heterocycles. The monoisotopic (exact) mass is 390 g/mol. The maximum absolute atomic E-state index is 12.8. The topological polar surface area (TPSA) is 105 Å². The van der Waals surface area contributed by atoms with Crippen LogP contribution in [0.2, 0.25) is 0 Å². The van der Waals surface area contributed by atoms with Crippen molar-refractivity contribution in [3.8, 4) is 0 Å². The largest absolute Gasteiger partial charge is 0.363 e. The van der Waals surface area contributed by atoms with Crippen LogP contribution < -0.4 is 20.7 Å². The molecule has 4 N–H and O–H groups in total. The Bertz CT molecular complexity index is 961. The summed E-state index contributed by atoms with van der Waals surface area (Å²) in [5.41, 5.74) is 1.71. The van der Waals surface area contributed by atoms with E-state index in [1.165, 1.54) is 12.1 Å². The average Bonchev–Trinajstić information content (AvgIpc) is 2.60. The minimum atomic E-state index is -3.89. The van der Waals surface area contributed by atoms with Crippen molar-refractivity contribution >= 4 is 44.6 Å². The van der Waals surface area contributed by atoms with Crippen LogP contribution in [-0.2, 0) is 14.8 Å². The maximum atomic E-state index is 12.8. The van der Waals surface area contributed by atoms with Gasteiger partial charge in [-0.2, -0.15) is 0 Å². The van der Waals surface area contributed by atoms with Gasteiger partial charge in [0.05, 0.1) is 16.3 Å². The first-order chi connectivity index (χ1) is 12.3. The number of nitrogens with one attached hydrogen (secondary N) is 2. The quantitative estimate of drug-likeness (QED) is 0.690. The molecule has 0 saturated carbocycles. The number of sulfonamides is 1. The molecule has 3 rings (SSSR count). The molecule has 2 aromatic carbocycles. The molecule has 1 aliphatic rings. The second-order valence-corrected chi connectivity index (χ2v) is 7.68. The third-order valence-corrected chi connectivity index (χ3v) is 5.23. The number of hydrogen-bond donors (Lipinski definition) is 3. The van der Waals surface area contributed by atoms with E-state index in [0.717, 1.165) is 5.56 Å². The third-order valence-electron chi connectivity index (χ3n) is 3.98. The van der Waals surface area contributed by atoms with E-state index >= 15 is 0 Å². The summed E-state index contributed by atoms with van der Waals surface area (Å²) in [5, 5.41) is 11.4. The van der Waals surface area contributed by atoms with E-state index in [1.807, 2.05) is 37.3 Å². The number of anilines is 2. The van der Waals surface area contributed by atoms with Crippen molar-refractivity contribution in [1.29, 1.82) is 0 Å². The second kappa shape index (κ2) is 7.02. The van der Waals surface area contributed by atoms with Gasteiger partial charge in [-0.25, -0.2) is 13.6 Å². The highest BCUT2D eigenvalue weighted by atomic mass is 32.2. The van der Waals surface area contributed by atoms with Crippen LogP contribution in [0, 0.1) is 0 Å². The lowest BCUT2D eigenvalue weighted by molar-refractivity contribution is -0.117. The molecule has 0 bridgehead atoms. The lowest BCUT2D eigenvalue weighted by Gasteiger charge is -2.38. The highest BCUT2D eigenvalue weighted by Crippen LogP contribution is 2.39.